The van der Waals surface area contributed by atoms with Gasteiger partial charge in [0.05, 0.1) is 6.54 Å². The number of alkyl halides is 3. The molecule has 1 saturated heterocycles. The summed E-state index contributed by atoms with van der Waals surface area (Å²) in [5.41, 5.74) is 0. The lowest BCUT2D eigenvalue weighted by Gasteiger charge is -2.12. The van der Waals surface area contributed by atoms with Gasteiger partial charge in [-0.2, -0.15) is 13.2 Å². The van der Waals surface area contributed by atoms with Gasteiger partial charge in [-0.15, -0.1) is 0 Å². The van der Waals surface area contributed by atoms with E-state index in [2.05, 4.69) is 10.6 Å². The fourth-order valence-corrected chi connectivity index (χ4v) is 1.22. The monoisotopic (exact) mass is 196 g/mol. The molecule has 1 heterocycles. The summed E-state index contributed by atoms with van der Waals surface area (Å²) in [5, 5.41) is 4.82. The van der Waals surface area contributed by atoms with Crippen molar-refractivity contribution in [3.05, 3.63) is 0 Å². The Balaban J connectivity index is 2.10. The highest BCUT2D eigenvalue weighted by Crippen LogP contribution is 2.12. The standard InChI is InChI=1S/C7H11F3N2O/c8-7(9,10)4-11-3-5-1-2-6(13)12-5/h5,11H,1-4H2,(H,12,13)/t5-/m0/s1. The Morgan fingerprint density at radius 3 is 2.69 bits per heavy atom. The van der Waals surface area contributed by atoms with Crippen LogP contribution in [0.3, 0.4) is 0 Å². The molecular formula is C7H11F3N2O. The van der Waals surface area contributed by atoms with Crippen molar-refractivity contribution in [3.8, 4) is 0 Å². The first-order valence-corrected chi connectivity index (χ1v) is 4.04. The molecule has 1 rings (SSSR count). The maximum Gasteiger partial charge on any atom is 0.401 e. The molecule has 0 unspecified atom stereocenters. The summed E-state index contributed by atoms with van der Waals surface area (Å²) in [4.78, 5) is 10.7. The van der Waals surface area contributed by atoms with Gasteiger partial charge in [-0.1, -0.05) is 0 Å². The van der Waals surface area contributed by atoms with E-state index in [0.717, 1.165) is 0 Å². The van der Waals surface area contributed by atoms with Crippen LogP contribution in [0.1, 0.15) is 12.8 Å². The second-order valence-electron chi connectivity index (χ2n) is 3.05. The molecule has 76 valence electrons. The molecule has 0 aliphatic carbocycles. The zero-order chi connectivity index (χ0) is 9.90. The number of carbonyl (C=O) groups is 1. The van der Waals surface area contributed by atoms with Crippen molar-refractivity contribution >= 4 is 5.91 Å². The molecule has 0 aromatic rings. The van der Waals surface area contributed by atoms with Crippen molar-refractivity contribution in [3.63, 3.8) is 0 Å². The van der Waals surface area contributed by atoms with Gasteiger partial charge in [0.2, 0.25) is 5.91 Å². The minimum absolute atomic E-state index is 0.0844. The van der Waals surface area contributed by atoms with Gasteiger partial charge in [0.1, 0.15) is 0 Å². The minimum atomic E-state index is -4.18. The first kappa shape index (κ1) is 10.3. The van der Waals surface area contributed by atoms with Crippen molar-refractivity contribution in [2.24, 2.45) is 0 Å². The largest absolute Gasteiger partial charge is 0.401 e. The fraction of sp³-hybridized carbons (Fsp3) is 0.857. The molecule has 0 saturated carbocycles. The van der Waals surface area contributed by atoms with Crippen molar-refractivity contribution < 1.29 is 18.0 Å². The lowest BCUT2D eigenvalue weighted by atomic mass is 10.2. The van der Waals surface area contributed by atoms with E-state index < -0.39 is 12.7 Å². The summed E-state index contributed by atoms with van der Waals surface area (Å²) >= 11 is 0. The zero-order valence-electron chi connectivity index (χ0n) is 6.95. The molecular weight excluding hydrogens is 185 g/mol. The third kappa shape index (κ3) is 4.12. The molecule has 2 N–H and O–H groups in total. The summed E-state index contributed by atoms with van der Waals surface area (Å²) in [6.07, 6.45) is -3.15. The number of halogens is 3. The van der Waals surface area contributed by atoms with Crippen molar-refractivity contribution in [2.75, 3.05) is 13.1 Å². The average molecular weight is 196 g/mol. The van der Waals surface area contributed by atoms with Gasteiger partial charge < -0.3 is 10.6 Å². The van der Waals surface area contributed by atoms with Crippen LogP contribution in [0.5, 0.6) is 0 Å². The van der Waals surface area contributed by atoms with E-state index in [-0.39, 0.29) is 18.5 Å². The van der Waals surface area contributed by atoms with Crippen LogP contribution in [0.2, 0.25) is 0 Å². The molecule has 1 aliphatic heterocycles. The molecule has 1 atom stereocenters. The van der Waals surface area contributed by atoms with Crippen LogP contribution in [0.4, 0.5) is 13.2 Å². The summed E-state index contributed by atoms with van der Waals surface area (Å²) in [7, 11) is 0. The maximum absolute atomic E-state index is 11.7. The van der Waals surface area contributed by atoms with Crippen molar-refractivity contribution in [1.29, 1.82) is 0 Å². The van der Waals surface area contributed by atoms with Gasteiger partial charge in [-0.05, 0) is 6.42 Å². The number of carbonyl (C=O) groups excluding carboxylic acids is 1. The summed E-state index contributed by atoms with van der Waals surface area (Å²) in [5.74, 6) is -0.0844. The predicted octanol–water partition coefficient (Wildman–Crippen LogP) is 0.417. The highest BCUT2D eigenvalue weighted by molar-refractivity contribution is 5.78. The predicted molar refractivity (Wildman–Crippen MR) is 40.1 cm³/mol. The van der Waals surface area contributed by atoms with Crippen LogP contribution >= 0.6 is 0 Å². The molecule has 1 amide bonds. The Kier molecular flexibility index (Phi) is 3.13. The van der Waals surface area contributed by atoms with E-state index in [1.165, 1.54) is 0 Å². The quantitative estimate of drug-likeness (QED) is 0.686. The smallest absolute Gasteiger partial charge is 0.352 e. The molecule has 1 aliphatic rings. The third-order valence-corrected chi connectivity index (χ3v) is 1.80. The van der Waals surface area contributed by atoms with Gasteiger partial charge >= 0.3 is 6.18 Å². The Labute approximate surface area is 73.7 Å². The average Bonchev–Trinajstić information content (AvgIpc) is 2.33. The molecule has 3 nitrogen and oxygen atoms in total. The van der Waals surface area contributed by atoms with Gasteiger partial charge in [0.15, 0.2) is 0 Å². The molecule has 0 radical (unpaired) electrons. The Morgan fingerprint density at radius 2 is 2.23 bits per heavy atom. The molecule has 0 aromatic carbocycles. The van der Waals surface area contributed by atoms with E-state index in [0.29, 0.717) is 12.8 Å². The first-order chi connectivity index (χ1) is 5.97. The lowest BCUT2D eigenvalue weighted by molar-refractivity contribution is -0.124. The second-order valence-corrected chi connectivity index (χ2v) is 3.05. The number of hydrogen-bond acceptors (Lipinski definition) is 2. The first-order valence-electron chi connectivity index (χ1n) is 4.04. The summed E-state index contributed by atoms with van der Waals surface area (Å²) in [6, 6.07) is -0.144. The van der Waals surface area contributed by atoms with Crippen LogP contribution in [0.25, 0.3) is 0 Å². The highest BCUT2D eigenvalue weighted by Gasteiger charge is 2.27. The molecule has 0 spiro atoms. The molecule has 6 heteroatoms. The van der Waals surface area contributed by atoms with Crippen LogP contribution in [0.15, 0.2) is 0 Å². The fourth-order valence-electron chi connectivity index (χ4n) is 1.22. The van der Waals surface area contributed by atoms with E-state index in [1.54, 1.807) is 0 Å². The topological polar surface area (TPSA) is 41.1 Å². The third-order valence-electron chi connectivity index (χ3n) is 1.80. The lowest BCUT2D eigenvalue weighted by Crippen LogP contribution is -2.39. The molecule has 0 bridgehead atoms. The highest BCUT2D eigenvalue weighted by atomic mass is 19.4. The molecule has 0 aromatic heterocycles. The molecule has 1 fully saturated rings. The van der Waals surface area contributed by atoms with Crippen LogP contribution < -0.4 is 10.6 Å². The van der Waals surface area contributed by atoms with E-state index >= 15 is 0 Å². The SMILES string of the molecule is O=C1CC[C@@H](CNCC(F)(F)F)N1. The van der Waals surface area contributed by atoms with E-state index in [9.17, 15) is 18.0 Å². The van der Waals surface area contributed by atoms with Gasteiger partial charge in [0.25, 0.3) is 0 Å². The number of hydrogen-bond donors (Lipinski definition) is 2. The van der Waals surface area contributed by atoms with Crippen molar-refractivity contribution in [1.82, 2.24) is 10.6 Å². The Morgan fingerprint density at radius 1 is 1.54 bits per heavy atom. The maximum atomic E-state index is 11.7. The van der Waals surface area contributed by atoms with Crippen molar-refractivity contribution in [2.45, 2.75) is 25.1 Å². The number of nitrogens with one attached hydrogen (secondary N) is 2. The zero-order valence-corrected chi connectivity index (χ0v) is 6.95. The van der Waals surface area contributed by atoms with Gasteiger partial charge in [0, 0.05) is 19.0 Å². The Hall–Kier alpha value is -0.780. The van der Waals surface area contributed by atoms with Crippen LogP contribution in [-0.2, 0) is 4.79 Å². The Bertz CT molecular complexity index is 193. The van der Waals surface area contributed by atoms with E-state index in [4.69, 9.17) is 0 Å². The summed E-state index contributed by atoms with van der Waals surface area (Å²) < 4.78 is 35.0. The normalized spacial score (nSPS) is 23.3. The molecule has 13 heavy (non-hydrogen) atoms. The van der Waals surface area contributed by atoms with Gasteiger partial charge in [-0.25, -0.2) is 0 Å². The van der Waals surface area contributed by atoms with Crippen LogP contribution in [0, 0.1) is 0 Å². The minimum Gasteiger partial charge on any atom is -0.352 e. The number of amides is 1. The van der Waals surface area contributed by atoms with Gasteiger partial charge in [-0.3, -0.25) is 4.79 Å². The number of rotatable bonds is 3. The van der Waals surface area contributed by atoms with Crippen LogP contribution in [-0.4, -0.2) is 31.2 Å². The van der Waals surface area contributed by atoms with E-state index in [1.807, 2.05) is 0 Å². The second kappa shape index (κ2) is 3.95. The summed E-state index contributed by atoms with van der Waals surface area (Å²) in [6.45, 7) is -0.815.